The molecular weight excluding hydrogens is 449 g/mol. The molecule has 1 aliphatic rings. The van der Waals surface area contributed by atoms with Crippen molar-refractivity contribution in [3.8, 4) is 0 Å². The number of hydrogen-bond donors (Lipinski definition) is 0. The Bertz CT molecular complexity index is 907. The first kappa shape index (κ1) is 35.8. The summed E-state index contributed by atoms with van der Waals surface area (Å²) in [6, 6.07) is 18.6. The normalized spacial score (nSPS) is 12.9. The average molecular weight is 478 g/mol. The molecule has 3 aromatic carbocycles. The molecule has 0 saturated heterocycles. The Labute approximate surface area is 209 Å². The van der Waals surface area contributed by atoms with E-state index in [1.807, 2.05) is 19.9 Å². The van der Waals surface area contributed by atoms with Crippen molar-refractivity contribution in [2.45, 2.75) is 39.7 Å². The van der Waals surface area contributed by atoms with Crippen molar-refractivity contribution in [3.05, 3.63) is 86.3 Å². The van der Waals surface area contributed by atoms with Gasteiger partial charge in [0.2, 0.25) is 0 Å². The predicted molar refractivity (Wildman–Crippen MR) is 120 cm³/mol. The van der Waals surface area contributed by atoms with Gasteiger partial charge in [-0.1, -0.05) is 67.6 Å². The Morgan fingerprint density at radius 3 is 1.97 bits per heavy atom. The quantitative estimate of drug-likeness (QED) is 0.264. The smallest absolute Gasteiger partial charge is 1.00 e. The third-order valence-electron chi connectivity index (χ3n) is 4.23. The molecule has 4 radical (unpaired) electrons. The third kappa shape index (κ3) is 7.24. The van der Waals surface area contributed by atoms with Gasteiger partial charge in [0, 0.05) is 11.0 Å². The number of rotatable bonds is 0. The maximum absolute atomic E-state index is 6.58. The van der Waals surface area contributed by atoms with Gasteiger partial charge in [0.25, 0.3) is 0 Å². The fraction of sp³-hybridized carbons (Fsp3) is 0.250. The molecule has 0 saturated carbocycles. The van der Waals surface area contributed by atoms with Crippen molar-refractivity contribution >= 4 is 38.1 Å². The Balaban J connectivity index is -0.000000290. The van der Waals surface area contributed by atoms with Crippen molar-refractivity contribution in [2.24, 2.45) is 0 Å². The van der Waals surface area contributed by atoms with Gasteiger partial charge in [-0.15, -0.1) is 46.6 Å². The molecule has 1 atom stereocenters. The minimum Gasteiger partial charge on any atom is -1.00 e. The van der Waals surface area contributed by atoms with Crippen LogP contribution in [-0.2, 0) is 21.7 Å². The van der Waals surface area contributed by atoms with Crippen LogP contribution in [0, 0.1) is 20.9 Å². The minimum atomic E-state index is 0. The van der Waals surface area contributed by atoms with Crippen LogP contribution in [0.1, 0.15) is 44.7 Å². The van der Waals surface area contributed by atoms with Crippen LogP contribution in [0.15, 0.2) is 48.5 Å². The van der Waals surface area contributed by atoms with Crippen molar-refractivity contribution in [2.75, 3.05) is 0 Å². The summed E-state index contributed by atoms with van der Waals surface area (Å²) in [7, 11) is 0. The van der Waals surface area contributed by atoms with Crippen molar-refractivity contribution < 1.29 is 46.5 Å². The summed E-state index contributed by atoms with van der Waals surface area (Å²) in [6.07, 6.45) is 2.37. The van der Waals surface area contributed by atoms with Crippen LogP contribution in [0.4, 0.5) is 0 Å². The molecule has 3 aromatic rings. The van der Waals surface area contributed by atoms with E-state index in [1.165, 1.54) is 38.2 Å². The fourth-order valence-electron chi connectivity index (χ4n) is 3.51. The molecule has 1 unspecified atom stereocenters. The van der Waals surface area contributed by atoms with Gasteiger partial charge < -0.3 is 45.4 Å². The maximum Gasteiger partial charge on any atom is 2.00 e. The van der Waals surface area contributed by atoms with Gasteiger partial charge in [-0.2, -0.15) is 0 Å². The van der Waals surface area contributed by atoms with E-state index in [0.717, 1.165) is 0 Å². The average Bonchev–Trinajstić information content (AvgIpc) is 2.82. The number of benzene rings is 3. The van der Waals surface area contributed by atoms with E-state index in [0.29, 0.717) is 5.92 Å². The molecule has 29 heavy (non-hydrogen) atoms. The first-order valence-electron chi connectivity index (χ1n) is 8.25. The molecule has 0 spiro atoms. The summed E-state index contributed by atoms with van der Waals surface area (Å²) in [5, 5.41) is 5.33. The summed E-state index contributed by atoms with van der Waals surface area (Å²) in [5.74, 6) is 0.487. The molecule has 5 heteroatoms. The second-order valence-corrected chi connectivity index (χ2v) is 6.59. The van der Waals surface area contributed by atoms with Gasteiger partial charge in [-0.25, -0.2) is 0 Å². The predicted octanol–water partition coefficient (Wildman–Crippen LogP) is 1.29. The number of halogens is 2. The molecule has 1 N–H and O–H groups in total. The van der Waals surface area contributed by atoms with Crippen LogP contribution < -0.4 is 24.8 Å². The zero-order chi connectivity index (χ0) is 16.6. The number of nitrogens with one attached hydrogen (secondary N) is 1. The Kier molecular flexibility index (Phi) is 18.8. The van der Waals surface area contributed by atoms with Crippen LogP contribution >= 0.6 is 0 Å². The summed E-state index contributed by atoms with van der Waals surface area (Å²) in [4.78, 5) is 0. The molecule has 0 heterocycles. The summed E-state index contributed by atoms with van der Waals surface area (Å²) >= 11 is 0. The summed E-state index contributed by atoms with van der Waals surface area (Å²) in [6.45, 7) is 8.17. The molecule has 156 valence electrons. The monoisotopic (exact) mass is 477 g/mol. The second kappa shape index (κ2) is 15.2. The van der Waals surface area contributed by atoms with Crippen molar-refractivity contribution in [3.63, 3.8) is 0 Å². The van der Waals surface area contributed by atoms with Crippen LogP contribution in [0.25, 0.3) is 32.9 Å². The third-order valence-corrected chi connectivity index (χ3v) is 4.23. The van der Waals surface area contributed by atoms with Gasteiger partial charge in [-0.3, -0.25) is 0 Å². The maximum atomic E-state index is 6.58. The standard InChI is InChI=1S/C19H15.C3H8N.2CH3.2ClH.Si.Ti/c1-12-11-13(2)19-17-10-6-4-8-15(17)14-7-3-5-9-16(14)18(12)19;1-3(2)4;;;;;;/h3-9,11,13H,1-2H3;3-4H,1-2H3;2*1H3;2*1H;;/q4*-1;;;;+2/p-2. The molecule has 0 amide bonds. The molecule has 0 bridgehead atoms. The first-order chi connectivity index (χ1) is 11.0. The Morgan fingerprint density at radius 1 is 0.931 bits per heavy atom. The molecule has 0 fully saturated rings. The molecule has 0 aromatic heterocycles. The summed E-state index contributed by atoms with van der Waals surface area (Å²) in [5.41, 5.74) is 10.9. The van der Waals surface area contributed by atoms with E-state index in [-0.39, 0.29) is 78.4 Å². The zero-order valence-electron chi connectivity index (χ0n) is 18.0. The summed E-state index contributed by atoms with van der Waals surface area (Å²) < 4.78 is 0. The van der Waals surface area contributed by atoms with Gasteiger partial charge in [-0.05, 0) is 18.2 Å². The van der Waals surface area contributed by atoms with E-state index < -0.39 is 0 Å². The van der Waals surface area contributed by atoms with Gasteiger partial charge in [0.1, 0.15) is 0 Å². The molecule has 1 nitrogen and oxygen atoms in total. The van der Waals surface area contributed by atoms with E-state index in [9.17, 15) is 0 Å². The van der Waals surface area contributed by atoms with Crippen LogP contribution in [0.2, 0.25) is 0 Å². The SMILES string of the molecule is CC(C)[NH-].CC1=CC(C)c2c1c1ccccc1c1ccc[c-]c21.[CH3-].[CH3-].[Cl-].[Cl-].[Si].[Ti+2]. The van der Waals surface area contributed by atoms with Crippen LogP contribution in [0.5, 0.6) is 0 Å². The van der Waals surface area contributed by atoms with E-state index in [2.05, 4.69) is 62.4 Å². The first-order valence-corrected chi connectivity index (χ1v) is 8.25. The topological polar surface area (TPSA) is 23.8 Å². The van der Waals surface area contributed by atoms with Crippen molar-refractivity contribution in [1.29, 1.82) is 0 Å². The van der Waals surface area contributed by atoms with E-state index in [1.54, 1.807) is 0 Å². The fourth-order valence-corrected chi connectivity index (χ4v) is 3.51. The van der Waals surface area contributed by atoms with Crippen LogP contribution in [0.3, 0.4) is 0 Å². The zero-order valence-corrected chi connectivity index (χ0v) is 22.1. The van der Waals surface area contributed by atoms with Crippen LogP contribution in [-0.4, -0.2) is 17.0 Å². The Hall–Kier alpha value is -0.609. The minimum absolute atomic E-state index is 0. The molecule has 1 aliphatic carbocycles. The van der Waals surface area contributed by atoms with E-state index >= 15 is 0 Å². The Morgan fingerprint density at radius 2 is 1.41 bits per heavy atom. The van der Waals surface area contributed by atoms with Gasteiger partial charge in [0.05, 0.1) is 0 Å². The molecule has 4 rings (SSSR count). The molecule has 0 aliphatic heterocycles. The second-order valence-electron chi connectivity index (χ2n) is 6.59. The van der Waals surface area contributed by atoms with Crippen molar-refractivity contribution in [1.82, 2.24) is 0 Å². The number of fused-ring (bicyclic) bond motifs is 6. The molecular formula is C24H29Cl2NSiTi-4. The van der Waals surface area contributed by atoms with E-state index in [4.69, 9.17) is 5.73 Å². The number of allylic oxidation sites excluding steroid dienone is 2. The largest absolute Gasteiger partial charge is 2.00 e. The number of hydrogen-bond acceptors (Lipinski definition) is 0. The van der Waals surface area contributed by atoms with Gasteiger partial charge >= 0.3 is 21.7 Å². The van der Waals surface area contributed by atoms with Gasteiger partial charge in [0.15, 0.2) is 0 Å².